The van der Waals surface area contributed by atoms with Gasteiger partial charge in [0.25, 0.3) is 5.69 Å². The normalized spacial score (nSPS) is 10.2. The highest BCUT2D eigenvalue weighted by atomic mass is 16.6. The lowest BCUT2D eigenvalue weighted by Gasteiger charge is -2.09. The van der Waals surface area contributed by atoms with Crippen molar-refractivity contribution in [1.29, 1.82) is 0 Å². The Hall–Kier alpha value is -3.03. The van der Waals surface area contributed by atoms with Gasteiger partial charge in [-0.3, -0.25) is 14.9 Å². The van der Waals surface area contributed by atoms with Gasteiger partial charge in [0.05, 0.1) is 17.7 Å². The summed E-state index contributed by atoms with van der Waals surface area (Å²) in [6, 6.07) is 5.37. The van der Waals surface area contributed by atoms with Crippen LogP contribution in [0.5, 0.6) is 0 Å². The summed E-state index contributed by atoms with van der Waals surface area (Å²) in [6.45, 7) is 1.67. The number of carbonyl (C=O) groups is 1. The number of rotatable bonds is 3. The molecule has 21 heavy (non-hydrogen) atoms. The lowest BCUT2D eigenvalue weighted by Crippen LogP contribution is -2.21. The molecule has 1 heterocycles. The molecule has 0 unspecified atom stereocenters. The van der Waals surface area contributed by atoms with Crippen molar-refractivity contribution >= 4 is 11.7 Å². The van der Waals surface area contributed by atoms with Gasteiger partial charge in [0.1, 0.15) is 0 Å². The molecule has 0 spiro atoms. The molecule has 108 valence electrons. The van der Waals surface area contributed by atoms with Crippen LogP contribution < -0.4 is 5.43 Å². The number of aromatic nitrogens is 2. The molecule has 2 rings (SSSR count). The number of benzene rings is 1. The van der Waals surface area contributed by atoms with Crippen LogP contribution in [-0.4, -0.2) is 27.8 Å². The third-order valence-corrected chi connectivity index (χ3v) is 2.83. The van der Waals surface area contributed by atoms with E-state index in [9.17, 15) is 19.7 Å². The minimum absolute atomic E-state index is 0.0505. The third-order valence-electron chi connectivity index (χ3n) is 2.83. The molecule has 0 bridgehead atoms. The Balaban J connectivity index is 2.55. The molecule has 8 nitrogen and oxygen atoms in total. The Morgan fingerprint density at radius 2 is 2.10 bits per heavy atom. The highest BCUT2D eigenvalue weighted by Crippen LogP contribution is 2.19. The van der Waals surface area contributed by atoms with E-state index in [1.165, 1.54) is 35.1 Å². The van der Waals surface area contributed by atoms with Gasteiger partial charge in [-0.15, -0.1) is 0 Å². The summed E-state index contributed by atoms with van der Waals surface area (Å²) in [5.74, 6) is -0.839. The van der Waals surface area contributed by atoms with Gasteiger partial charge in [-0.2, -0.15) is 5.10 Å². The van der Waals surface area contributed by atoms with Crippen molar-refractivity contribution < 1.29 is 14.5 Å². The second-order valence-corrected chi connectivity index (χ2v) is 4.19. The van der Waals surface area contributed by atoms with Crippen molar-refractivity contribution in [2.24, 2.45) is 0 Å². The molecule has 1 aromatic heterocycles. The van der Waals surface area contributed by atoms with Crippen molar-refractivity contribution in [3.05, 3.63) is 62.1 Å². The number of nitro groups is 1. The molecular formula is C13H11N3O5. The zero-order valence-electron chi connectivity index (χ0n) is 11.3. The third kappa shape index (κ3) is 2.78. The van der Waals surface area contributed by atoms with E-state index in [2.05, 4.69) is 9.84 Å². The Morgan fingerprint density at radius 3 is 2.67 bits per heavy atom. The van der Waals surface area contributed by atoms with Crippen LogP contribution in [0.2, 0.25) is 0 Å². The van der Waals surface area contributed by atoms with Gasteiger partial charge in [0.15, 0.2) is 0 Å². The van der Waals surface area contributed by atoms with Gasteiger partial charge in [-0.1, -0.05) is 0 Å². The maximum atomic E-state index is 11.6. The first kappa shape index (κ1) is 14.4. The SMILES string of the molecule is COC(=O)c1nn(-c2ccc([N+](=O)[O-])cc2C)ccc1=O. The van der Waals surface area contributed by atoms with E-state index in [-0.39, 0.29) is 11.4 Å². The predicted octanol–water partition coefficient (Wildman–Crippen LogP) is 1.24. The van der Waals surface area contributed by atoms with Crippen LogP contribution in [0.25, 0.3) is 5.69 Å². The molecular weight excluding hydrogens is 278 g/mol. The van der Waals surface area contributed by atoms with E-state index in [0.717, 1.165) is 7.11 Å². The lowest BCUT2D eigenvalue weighted by atomic mass is 10.2. The summed E-state index contributed by atoms with van der Waals surface area (Å²) in [5, 5.41) is 14.6. The van der Waals surface area contributed by atoms with Crippen molar-refractivity contribution in [2.75, 3.05) is 7.11 Å². The zero-order valence-corrected chi connectivity index (χ0v) is 11.3. The molecule has 0 fully saturated rings. The molecule has 0 radical (unpaired) electrons. The van der Waals surface area contributed by atoms with Crippen LogP contribution in [0.3, 0.4) is 0 Å². The number of nitro benzene ring substituents is 1. The molecule has 1 aromatic carbocycles. The topological polar surface area (TPSA) is 104 Å². The van der Waals surface area contributed by atoms with E-state index in [4.69, 9.17) is 0 Å². The van der Waals surface area contributed by atoms with Gasteiger partial charge in [-0.25, -0.2) is 9.48 Å². The van der Waals surface area contributed by atoms with E-state index in [1.807, 2.05) is 0 Å². The molecule has 0 amide bonds. The summed E-state index contributed by atoms with van der Waals surface area (Å²) in [6.07, 6.45) is 1.38. The van der Waals surface area contributed by atoms with Crippen molar-refractivity contribution in [3.63, 3.8) is 0 Å². The number of aryl methyl sites for hydroxylation is 1. The Kier molecular flexibility index (Phi) is 3.79. The van der Waals surface area contributed by atoms with E-state index in [1.54, 1.807) is 6.92 Å². The maximum absolute atomic E-state index is 11.6. The fourth-order valence-electron chi connectivity index (χ4n) is 1.79. The molecule has 0 saturated heterocycles. The molecule has 0 aliphatic rings. The number of non-ortho nitro benzene ring substituents is 1. The van der Waals surface area contributed by atoms with E-state index >= 15 is 0 Å². The van der Waals surface area contributed by atoms with Gasteiger partial charge in [0.2, 0.25) is 11.1 Å². The molecule has 2 aromatic rings. The minimum Gasteiger partial charge on any atom is -0.464 e. The van der Waals surface area contributed by atoms with Gasteiger partial charge >= 0.3 is 5.97 Å². The standard InChI is InChI=1S/C13H11N3O5/c1-8-7-9(16(19)20)3-4-10(8)15-6-5-11(17)12(14-15)13(18)21-2/h3-7H,1-2H3. The first-order valence-corrected chi connectivity index (χ1v) is 5.87. The Labute approximate surface area is 118 Å². The number of nitrogens with zero attached hydrogens (tertiary/aromatic N) is 3. The fraction of sp³-hybridized carbons (Fsp3) is 0.154. The second-order valence-electron chi connectivity index (χ2n) is 4.19. The summed E-state index contributed by atoms with van der Waals surface area (Å²) in [5.41, 5.74) is 0.142. The zero-order chi connectivity index (χ0) is 15.6. The largest absolute Gasteiger partial charge is 0.464 e. The summed E-state index contributed by atoms with van der Waals surface area (Å²) in [7, 11) is 1.15. The van der Waals surface area contributed by atoms with Gasteiger partial charge < -0.3 is 4.74 Å². The number of ether oxygens (including phenoxy) is 1. The van der Waals surface area contributed by atoms with Crippen LogP contribution in [0.1, 0.15) is 16.1 Å². The van der Waals surface area contributed by atoms with E-state index in [0.29, 0.717) is 11.3 Å². The lowest BCUT2D eigenvalue weighted by molar-refractivity contribution is -0.384. The molecule has 8 heteroatoms. The van der Waals surface area contributed by atoms with Crippen LogP contribution in [0.15, 0.2) is 35.3 Å². The summed E-state index contributed by atoms with van der Waals surface area (Å²) >= 11 is 0. The number of hydrogen-bond acceptors (Lipinski definition) is 6. The Morgan fingerprint density at radius 1 is 1.38 bits per heavy atom. The van der Waals surface area contributed by atoms with Gasteiger partial charge in [-0.05, 0) is 18.6 Å². The second kappa shape index (κ2) is 5.53. The van der Waals surface area contributed by atoms with Crippen molar-refractivity contribution in [3.8, 4) is 5.69 Å². The van der Waals surface area contributed by atoms with Crippen LogP contribution in [-0.2, 0) is 4.74 Å². The number of carbonyl (C=O) groups excluding carboxylic acids is 1. The number of esters is 1. The number of hydrogen-bond donors (Lipinski definition) is 0. The molecule has 0 aliphatic carbocycles. The average Bonchev–Trinajstić information content (AvgIpc) is 2.47. The Bertz CT molecular complexity index is 782. The van der Waals surface area contributed by atoms with Crippen LogP contribution in [0.4, 0.5) is 5.69 Å². The molecule has 0 N–H and O–H groups in total. The molecule has 0 atom stereocenters. The van der Waals surface area contributed by atoms with Gasteiger partial charge in [0, 0.05) is 24.4 Å². The summed E-state index contributed by atoms with van der Waals surface area (Å²) < 4.78 is 5.78. The highest BCUT2D eigenvalue weighted by molar-refractivity contribution is 5.86. The molecule has 0 aliphatic heterocycles. The monoisotopic (exact) mass is 289 g/mol. The van der Waals surface area contributed by atoms with Crippen LogP contribution >= 0.6 is 0 Å². The minimum atomic E-state index is -0.839. The van der Waals surface area contributed by atoms with Crippen LogP contribution in [0, 0.1) is 17.0 Å². The quantitative estimate of drug-likeness (QED) is 0.478. The number of methoxy groups -OCH3 is 1. The first-order valence-electron chi connectivity index (χ1n) is 5.87. The molecule has 0 saturated carbocycles. The smallest absolute Gasteiger partial charge is 0.362 e. The average molecular weight is 289 g/mol. The first-order chi connectivity index (χ1) is 9.93. The summed E-state index contributed by atoms with van der Waals surface area (Å²) in [4.78, 5) is 33.2. The van der Waals surface area contributed by atoms with Crippen molar-refractivity contribution in [1.82, 2.24) is 9.78 Å². The predicted molar refractivity (Wildman–Crippen MR) is 72.6 cm³/mol. The highest BCUT2D eigenvalue weighted by Gasteiger charge is 2.15. The maximum Gasteiger partial charge on any atom is 0.362 e. The van der Waals surface area contributed by atoms with E-state index < -0.39 is 16.3 Å². The van der Waals surface area contributed by atoms with Crippen molar-refractivity contribution in [2.45, 2.75) is 6.92 Å². The fourth-order valence-corrected chi connectivity index (χ4v) is 1.79.